The summed E-state index contributed by atoms with van der Waals surface area (Å²) in [5.74, 6) is -0.500. The second-order valence-electron chi connectivity index (χ2n) is 9.47. The molecule has 2 N–H and O–H groups in total. The average Bonchev–Trinajstić information content (AvgIpc) is 2.87. The van der Waals surface area contributed by atoms with Gasteiger partial charge < -0.3 is 15.5 Å². The van der Waals surface area contributed by atoms with Crippen LogP contribution in [0.2, 0.25) is 0 Å². The Morgan fingerprint density at radius 1 is 1.00 bits per heavy atom. The van der Waals surface area contributed by atoms with Gasteiger partial charge in [0.1, 0.15) is 13.1 Å². The minimum Gasteiger partial charge on any atom is -0.353 e. The molecule has 1 aliphatic heterocycles. The number of carbonyl (C=O) groups is 3. The van der Waals surface area contributed by atoms with Crippen molar-refractivity contribution in [2.45, 2.75) is 45.1 Å². The molecule has 2 aliphatic rings. The van der Waals surface area contributed by atoms with Crippen molar-refractivity contribution < 1.29 is 14.4 Å². The maximum atomic E-state index is 13.0. The molecular weight excluding hydrogens is 442 g/mol. The topological polar surface area (TPSA) is 85.0 Å². The van der Waals surface area contributed by atoms with Gasteiger partial charge in [0.15, 0.2) is 0 Å². The van der Waals surface area contributed by atoms with Crippen LogP contribution in [-0.4, -0.2) is 62.0 Å². The second kappa shape index (κ2) is 11.4. The minimum atomic E-state index is -0.385. The summed E-state index contributed by atoms with van der Waals surface area (Å²) >= 11 is 0. The Bertz CT molecular complexity index is 1050. The van der Waals surface area contributed by atoms with Gasteiger partial charge in [0.2, 0.25) is 11.8 Å². The van der Waals surface area contributed by atoms with Crippen LogP contribution in [-0.2, 0) is 9.59 Å². The lowest BCUT2D eigenvalue weighted by molar-refractivity contribution is -0.123. The molecule has 1 fully saturated rings. The van der Waals surface area contributed by atoms with E-state index < -0.39 is 0 Å². The molecule has 4 rings (SSSR count). The Kier molecular flexibility index (Phi) is 8.02. The molecule has 0 radical (unpaired) electrons. The maximum Gasteiger partial charge on any atom is 0.326 e. The van der Waals surface area contributed by atoms with E-state index in [9.17, 15) is 14.4 Å². The number of rotatable bonds is 7. The fraction of sp³-hybridized carbons (Fsp3) is 0.444. The van der Waals surface area contributed by atoms with E-state index in [-0.39, 0.29) is 30.9 Å². The Labute approximate surface area is 207 Å². The number of para-hydroxylation sites is 2. The van der Waals surface area contributed by atoms with Crippen LogP contribution in [0.15, 0.2) is 48.5 Å². The third-order valence-electron chi connectivity index (χ3n) is 6.89. The predicted octanol–water partition coefficient (Wildman–Crippen LogP) is 3.76. The van der Waals surface area contributed by atoms with E-state index >= 15 is 0 Å². The van der Waals surface area contributed by atoms with Crippen LogP contribution < -0.4 is 20.4 Å². The van der Waals surface area contributed by atoms with E-state index in [2.05, 4.69) is 22.6 Å². The Morgan fingerprint density at radius 3 is 2.40 bits per heavy atom. The summed E-state index contributed by atoms with van der Waals surface area (Å²) in [4.78, 5) is 43.9. The van der Waals surface area contributed by atoms with Gasteiger partial charge >= 0.3 is 6.03 Å². The zero-order valence-electron chi connectivity index (χ0n) is 20.6. The first-order valence-electron chi connectivity index (χ1n) is 12.4. The smallest absolute Gasteiger partial charge is 0.326 e. The summed E-state index contributed by atoms with van der Waals surface area (Å²) < 4.78 is 0. The molecular formula is C27H35N5O3. The Balaban J connectivity index is 1.36. The molecule has 0 bridgehead atoms. The number of anilines is 3. The maximum absolute atomic E-state index is 13.0. The number of likely N-dealkylation sites (N-methyl/N-ethyl adjacent to an activating group) is 1. The van der Waals surface area contributed by atoms with Gasteiger partial charge in [-0.25, -0.2) is 4.79 Å². The standard InChI is InChI=1S/C27H35N5O3/c1-20-12-14-21(15-13-20)29-27(35)32-19-26(34)31(23-10-6-7-11-24(23)32)18-25(33)28-16-17-30(2)22-8-4-3-5-9-22/h6-7,10-15,22H,3-5,8-9,16-19H2,1-2H3,(H,28,33)(H,29,35). The van der Waals surface area contributed by atoms with Crippen LogP contribution in [0, 0.1) is 6.92 Å². The van der Waals surface area contributed by atoms with Gasteiger partial charge in [-0.2, -0.15) is 0 Å². The summed E-state index contributed by atoms with van der Waals surface area (Å²) in [7, 11) is 2.11. The fourth-order valence-corrected chi connectivity index (χ4v) is 4.82. The van der Waals surface area contributed by atoms with E-state index in [4.69, 9.17) is 0 Å². The lowest BCUT2D eigenvalue weighted by Crippen LogP contribution is -2.52. The quantitative estimate of drug-likeness (QED) is 0.636. The summed E-state index contributed by atoms with van der Waals surface area (Å²) in [5.41, 5.74) is 2.90. The first kappa shape index (κ1) is 24.7. The summed E-state index contributed by atoms with van der Waals surface area (Å²) in [6.45, 7) is 3.10. The highest BCUT2D eigenvalue weighted by molar-refractivity contribution is 6.15. The molecule has 0 saturated heterocycles. The average molecular weight is 478 g/mol. The number of nitrogens with one attached hydrogen (secondary N) is 2. The zero-order valence-corrected chi connectivity index (χ0v) is 20.6. The van der Waals surface area contributed by atoms with Crippen molar-refractivity contribution in [2.75, 3.05) is 48.3 Å². The van der Waals surface area contributed by atoms with Crippen molar-refractivity contribution in [2.24, 2.45) is 0 Å². The third-order valence-corrected chi connectivity index (χ3v) is 6.89. The highest BCUT2D eigenvalue weighted by atomic mass is 16.2. The number of hydrogen-bond donors (Lipinski definition) is 2. The number of carbonyl (C=O) groups excluding carboxylic acids is 3. The van der Waals surface area contributed by atoms with Gasteiger partial charge in [0, 0.05) is 24.8 Å². The molecule has 0 unspecified atom stereocenters. The molecule has 4 amide bonds. The number of hydrogen-bond acceptors (Lipinski definition) is 4. The Hall–Kier alpha value is -3.39. The van der Waals surface area contributed by atoms with Gasteiger partial charge in [0.05, 0.1) is 11.4 Å². The predicted molar refractivity (Wildman–Crippen MR) is 139 cm³/mol. The molecule has 8 heteroatoms. The minimum absolute atomic E-state index is 0.0730. The highest BCUT2D eigenvalue weighted by Crippen LogP contribution is 2.33. The molecule has 1 aliphatic carbocycles. The number of nitrogens with zero attached hydrogens (tertiary/aromatic N) is 3. The van der Waals surface area contributed by atoms with E-state index in [1.54, 1.807) is 18.2 Å². The van der Waals surface area contributed by atoms with Gasteiger partial charge in [-0.1, -0.05) is 49.1 Å². The van der Waals surface area contributed by atoms with Gasteiger partial charge in [-0.15, -0.1) is 0 Å². The van der Waals surface area contributed by atoms with Crippen molar-refractivity contribution in [1.29, 1.82) is 0 Å². The zero-order chi connectivity index (χ0) is 24.8. The normalized spacial score (nSPS) is 16.3. The number of fused-ring (bicyclic) bond motifs is 1. The molecule has 2 aromatic carbocycles. The van der Waals surface area contributed by atoms with Crippen LogP contribution in [0.3, 0.4) is 0 Å². The van der Waals surface area contributed by atoms with E-state index in [0.29, 0.717) is 29.6 Å². The van der Waals surface area contributed by atoms with Gasteiger partial charge in [0.25, 0.3) is 0 Å². The highest BCUT2D eigenvalue weighted by Gasteiger charge is 2.33. The van der Waals surface area contributed by atoms with Crippen LogP contribution in [0.5, 0.6) is 0 Å². The van der Waals surface area contributed by atoms with E-state index in [0.717, 1.165) is 12.1 Å². The van der Waals surface area contributed by atoms with Crippen LogP contribution >= 0.6 is 0 Å². The second-order valence-corrected chi connectivity index (χ2v) is 9.47. The van der Waals surface area contributed by atoms with E-state index in [1.807, 2.05) is 37.3 Å². The molecule has 35 heavy (non-hydrogen) atoms. The molecule has 8 nitrogen and oxygen atoms in total. The molecule has 1 saturated carbocycles. The van der Waals surface area contributed by atoms with Crippen LogP contribution in [0.25, 0.3) is 0 Å². The molecule has 2 aromatic rings. The number of amides is 4. The number of aryl methyl sites for hydroxylation is 1. The Morgan fingerprint density at radius 2 is 1.69 bits per heavy atom. The first-order valence-corrected chi connectivity index (χ1v) is 12.4. The van der Waals surface area contributed by atoms with Crippen LogP contribution in [0.1, 0.15) is 37.7 Å². The summed E-state index contributed by atoms with van der Waals surface area (Å²) in [5, 5.41) is 5.81. The lowest BCUT2D eigenvalue weighted by Gasteiger charge is -2.35. The van der Waals surface area contributed by atoms with Crippen LogP contribution in [0.4, 0.5) is 21.9 Å². The largest absolute Gasteiger partial charge is 0.353 e. The summed E-state index contributed by atoms with van der Waals surface area (Å²) in [6, 6.07) is 14.9. The third kappa shape index (κ3) is 6.19. The molecule has 186 valence electrons. The van der Waals surface area contributed by atoms with Crippen molar-refractivity contribution in [3.63, 3.8) is 0 Å². The lowest BCUT2D eigenvalue weighted by atomic mass is 9.94. The molecule has 1 heterocycles. The monoisotopic (exact) mass is 477 g/mol. The number of benzene rings is 2. The fourth-order valence-electron chi connectivity index (χ4n) is 4.82. The molecule has 0 atom stereocenters. The molecule has 0 spiro atoms. The molecule has 0 aromatic heterocycles. The summed E-state index contributed by atoms with van der Waals surface area (Å²) in [6.07, 6.45) is 6.31. The van der Waals surface area contributed by atoms with Gasteiger partial charge in [-0.3, -0.25) is 19.4 Å². The van der Waals surface area contributed by atoms with Crippen molar-refractivity contribution in [3.8, 4) is 0 Å². The first-order chi connectivity index (χ1) is 16.9. The van der Waals surface area contributed by atoms with Crippen molar-refractivity contribution in [1.82, 2.24) is 10.2 Å². The van der Waals surface area contributed by atoms with Crippen molar-refractivity contribution >= 4 is 34.9 Å². The van der Waals surface area contributed by atoms with Crippen molar-refractivity contribution in [3.05, 3.63) is 54.1 Å². The van der Waals surface area contributed by atoms with Gasteiger partial charge in [-0.05, 0) is 51.1 Å². The number of urea groups is 1. The SMILES string of the molecule is Cc1ccc(NC(=O)N2CC(=O)N(CC(=O)NCCN(C)C3CCCCC3)c3ccccc32)cc1. The van der Waals surface area contributed by atoms with E-state index in [1.165, 1.54) is 41.9 Å².